The van der Waals surface area contributed by atoms with Crippen LogP contribution in [0.4, 0.5) is 15.0 Å². The van der Waals surface area contributed by atoms with Gasteiger partial charge in [0.25, 0.3) is 0 Å². The average Bonchev–Trinajstić information content (AvgIpc) is 3.24. The van der Waals surface area contributed by atoms with Crippen LogP contribution >= 0.6 is 0 Å². The van der Waals surface area contributed by atoms with E-state index >= 15 is 0 Å². The van der Waals surface area contributed by atoms with Crippen molar-refractivity contribution in [1.29, 1.82) is 0 Å². The number of carbonyl (C=O) groups is 1. The predicted molar refractivity (Wildman–Crippen MR) is 102 cm³/mol. The normalized spacial score (nSPS) is 11.1. The molecule has 0 spiro atoms. The zero-order valence-electron chi connectivity index (χ0n) is 15.2. The van der Waals surface area contributed by atoms with Gasteiger partial charge in [0.15, 0.2) is 5.65 Å². The minimum Gasteiger partial charge on any atom is -0.465 e. The van der Waals surface area contributed by atoms with E-state index in [0.29, 0.717) is 28.4 Å². The number of anilines is 1. The lowest BCUT2D eigenvalue weighted by atomic mass is 10.2. The highest BCUT2D eigenvalue weighted by Crippen LogP contribution is 2.29. The Labute approximate surface area is 159 Å². The number of rotatable bonds is 4. The quantitative estimate of drug-likeness (QED) is 0.588. The molecule has 0 bridgehead atoms. The average molecular weight is 380 g/mol. The molecular formula is C19H17FN6O2. The molecule has 0 saturated carbocycles. The first kappa shape index (κ1) is 17.7. The van der Waals surface area contributed by atoms with E-state index in [4.69, 9.17) is 0 Å². The maximum absolute atomic E-state index is 14.1. The first-order chi connectivity index (χ1) is 13.5. The molecular weight excluding hydrogens is 363 g/mol. The van der Waals surface area contributed by atoms with Crippen LogP contribution in [-0.2, 0) is 13.6 Å². The first-order valence-electron chi connectivity index (χ1n) is 8.51. The van der Waals surface area contributed by atoms with Crippen LogP contribution in [0.1, 0.15) is 5.56 Å². The number of pyridine rings is 1. The van der Waals surface area contributed by atoms with Gasteiger partial charge < -0.3 is 5.11 Å². The minimum absolute atomic E-state index is 0.217. The maximum Gasteiger partial charge on any atom is 0.412 e. The smallest absolute Gasteiger partial charge is 0.412 e. The SMILES string of the molecule is CN(C(=O)O)c1cc(-c2nn(Cc3ccccc3F)c3ncccc23)nn1C. The highest BCUT2D eigenvalue weighted by Gasteiger charge is 2.20. The number of amides is 1. The van der Waals surface area contributed by atoms with Crippen molar-refractivity contribution in [1.82, 2.24) is 24.5 Å². The predicted octanol–water partition coefficient (Wildman–Crippen LogP) is 3.13. The Morgan fingerprint density at radius 2 is 2.00 bits per heavy atom. The number of aromatic nitrogens is 5. The number of carboxylic acid groups (broad SMARTS) is 1. The Kier molecular flexibility index (Phi) is 4.26. The summed E-state index contributed by atoms with van der Waals surface area (Å²) in [6, 6.07) is 11.8. The number of nitrogens with zero attached hydrogens (tertiary/aromatic N) is 6. The van der Waals surface area contributed by atoms with Gasteiger partial charge in [-0.15, -0.1) is 0 Å². The second kappa shape index (κ2) is 6.76. The maximum atomic E-state index is 14.1. The van der Waals surface area contributed by atoms with Crippen LogP contribution in [0.5, 0.6) is 0 Å². The molecule has 4 aromatic rings. The molecule has 0 aliphatic rings. The monoisotopic (exact) mass is 380 g/mol. The number of halogens is 1. The zero-order chi connectivity index (χ0) is 19.8. The molecule has 28 heavy (non-hydrogen) atoms. The van der Waals surface area contributed by atoms with E-state index in [-0.39, 0.29) is 12.4 Å². The van der Waals surface area contributed by atoms with E-state index in [9.17, 15) is 14.3 Å². The number of aryl methyl sites for hydroxylation is 1. The molecule has 1 N–H and O–H groups in total. The third kappa shape index (κ3) is 2.96. The van der Waals surface area contributed by atoms with Gasteiger partial charge >= 0.3 is 6.09 Å². The van der Waals surface area contributed by atoms with Crippen LogP contribution in [0.3, 0.4) is 0 Å². The van der Waals surface area contributed by atoms with E-state index in [1.165, 1.54) is 17.8 Å². The summed E-state index contributed by atoms with van der Waals surface area (Å²) in [6.07, 6.45) is 0.555. The molecule has 4 rings (SSSR count). The molecule has 8 nitrogen and oxygen atoms in total. The van der Waals surface area contributed by atoms with Crippen molar-refractivity contribution < 1.29 is 14.3 Å². The lowest BCUT2D eigenvalue weighted by molar-refractivity contribution is 0.203. The molecule has 9 heteroatoms. The fraction of sp³-hybridized carbons (Fsp3) is 0.158. The van der Waals surface area contributed by atoms with Gasteiger partial charge in [-0.05, 0) is 18.2 Å². The van der Waals surface area contributed by atoms with Gasteiger partial charge in [0, 0.05) is 37.3 Å². The van der Waals surface area contributed by atoms with Crippen LogP contribution in [0, 0.1) is 5.82 Å². The number of fused-ring (bicyclic) bond motifs is 1. The first-order valence-corrected chi connectivity index (χ1v) is 8.51. The molecule has 142 valence electrons. The van der Waals surface area contributed by atoms with Crippen LogP contribution in [0.2, 0.25) is 0 Å². The molecule has 0 atom stereocenters. The molecule has 1 amide bonds. The minimum atomic E-state index is -1.09. The summed E-state index contributed by atoms with van der Waals surface area (Å²) < 4.78 is 17.2. The van der Waals surface area contributed by atoms with Crippen LogP contribution < -0.4 is 4.90 Å². The summed E-state index contributed by atoms with van der Waals surface area (Å²) in [5, 5.41) is 19.0. The van der Waals surface area contributed by atoms with Crippen LogP contribution in [0.25, 0.3) is 22.4 Å². The van der Waals surface area contributed by atoms with E-state index in [2.05, 4.69) is 15.2 Å². The van der Waals surface area contributed by atoms with Crippen LogP contribution in [0.15, 0.2) is 48.7 Å². The lowest BCUT2D eigenvalue weighted by Crippen LogP contribution is -2.25. The molecule has 0 radical (unpaired) electrons. The molecule has 3 heterocycles. The van der Waals surface area contributed by atoms with E-state index in [0.717, 1.165) is 10.3 Å². The zero-order valence-corrected chi connectivity index (χ0v) is 15.2. The fourth-order valence-corrected chi connectivity index (χ4v) is 3.08. The third-order valence-electron chi connectivity index (χ3n) is 4.51. The highest BCUT2D eigenvalue weighted by molar-refractivity contribution is 5.91. The second-order valence-corrected chi connectivity index (χ2v) is 6.33. The van der Waals surface area contributed by atoms with Gasteiger partial charge in [-0.3, -0.25) is 9.58 Å². The molecule has 1 aromatic carbocycles. The Morgan fingerprint density at radius 1 is 1.21 bits per heavy atom. The Balaban J connectivity index is 1.82. The van der Waals surface area contributed by atoms with Crippen molar-refractivity contribution in [2.75, 3.05) is 11.9 Å². The fourth-order valence-electron chi connectivity index (χ4n) is 3.08. The largest absolute Gasteiger partial charge is 0.465 e. The van der Waals surface area contributed by atoms with E-state index in [1.54, 1.807) is 48.3 Å². The van der Waals surface area contributed by atoms with Gasteiger partial charge in [0.05, 0.1) is 6.54 Å². The van der Waals surface area contributed by atoms with E-state index < -0.39 is 6.09 Å². The second-order valence-electron chi connectivity index (χ2n) is 6.33. The molecule has 0 aliphatic carbocycles. The van der Waals surface area contributed by atoms with Gasteiger partial charge in [-0.2, -0.15) is 10.2 Å². The molecule has 0 saturated heterocycles. The summed E-state index contributed by atoms with van der Waals surface area (Å²) in [5.74, 6) is 0.0926. The Hall–Kier alpha value is -3.75. The van der Waals surface area contributed by atoms with Gasteiger partial charge in [-0.25, -0.2) is 18.9 Å². The summed E-state index contributed by atoms with van der Waals surface area (Å²) in [5.41, 5.74) is 2.16. The van der Waals surface area contributed by atoms with Crippen molar-refractivity contribution >= 4 is 22.9 Å². The number of hydrogen-bond acceptors (Lipinski definition) is 4. The van der Waals surface area contributed by atoms with Crippen molar-refractivity contribution in [2.24, 2.45) is 7.05 Å². The van der Waals surface area contributed by atoms with Crippen molar-refractivity contribution in [2.45, 2.75) is 6.54 Å². The summed E-state index contributed by atoms with van der Waals surface area (Å²) in [6.45, 7) is 0.217. The summed E-state index contributed by atoms with van der Waals surface area (Å²) in [7, 11) is 3.11. The van der Waals surface area contributed by atoms with Crippen molar-refractivity contribution in [3.63, 3.8) is 0 Å². The topological polar surface area (TPSA) is 89.1 Å². The Morgan fingerprint density at radius 3 is 2.75 bits per heavy atom. The van der Waals surface area contributed by atoms with Crippen molar-refractivity contribution in [3.8, 4) is 11.4 Å². The molecule has 0 unspecified atom stereocenters. The van der Waals surface area contributed by atoms with E-state index in [1.807, 2.05) is 6.07 Å². The summed E-state index contributed by atoms with van der Waals surface area (Å²) >= 11 is 0. The molecule has 3 aromatic heterocycles. The van der Waals surface area contributed by atoms with Crippen LogP contribution in [-0.4, -0.2) is 42.8 Å². The Bertz CT molecular complexity index is 1180. The number of hydrogen-bond donors (Lipinski definition) is 1. The highest BCUT2D eigenvalue weighted by atomic mass is 19.1. The molecule has 0 fully saturated rings. The lowest BCUT2D eigenvalue weighted by Gasteiger charge is -2.11. The molecule has 0 aliphatic heterocycles. The van der Waals surface area contributed by atoms with Gasteiger partial charge in [-0.1, -0.05) is 18.2 Å². The standard InChI is InChI=1S/C19H17FN6O2/c1-24(19(27)28)16-10-15(22-25(16)2)17-13-7-5-9-21-18(13)26(23-17)11-12-6-3-4-8-14(12)20/h3-10H,11H2,1-2H3,(H,27,28). The van der Waals surface area contributed by atoms with Gasteiger partial charge in [0.1, 0.15) is 23.0 Å². The summed E-state index contributed by atoms with van der Waals surface area (Å²) in [4.78, 5) is 16.7. The van der Waals surface area contributed by atoms with Gasteiger partial charge in [0.2, 0.25) is 0 Å². The number of benzene rings is 1. The third-order valence-corrected chi connectivity index (χ3v) is 4.51. The van der Waals surface area contributed by atoms with Crippen molar-refractivity contribution in [3.05, 3.63) is 60.0 Å².